The molecular formula is C37H39BrF2N8O4. The second-order valence-corrected chi connectivity index (χ2v) is 15.2. The number of nitrogens with one attached hydrogen (secondary N) is 2. The molecule has 3 fully saturated rings. The van der Waals surface area contributed by atoms with Crippen LogP contribution in [-0.4, -0.2) is 77.7 Å². The number of hydrogen-bond acceptors (Lipinski definition) is 8. The van der Waals surface area contributed by atoms with E-state index in [1.165, 1.54) is 11.6 Å². The van der Waals surface area contributed by atoms with Crippen molar-refractivity contribution in [3.8, 4) is 11.1 Å². The number of aromatic nitrogens is 5. The second kappa shape index (κ2) is 13.4. The lowest BCUT2D eigenvalue weighted by Crippen LogP contribution is -2.47. The molecule has 4 aromatic rings. The molecule has 2 N–H and O–H groups in total. The average molecular weight is 778 g/mol. The van der Waals surface area contributed by atoms with Crippen molar-refractivity contribution in [1.82, 2.24) is 34.9 Å². The highest BCUT2D eigenvalue weighted by Gasteiger charge is 2.66. The average Bonchev–Trinajstić information content (AvgIpc) is 3.32. The van der Waals surface area contributed by atoms with Gasteiger partial charge in [-0.1, -0.05) is 6.07 Å². The molecule has 2 aliphatic carbocycles. The van der Waals surface area contributed by atoms with Gasteiger partial charge >= 0.3 is 0 Å². The van der Waals surface area contributed by atoms with Gasteiger partial charge in [0.05, 0.1) is 5.52 Å². The topological polar surface area (TPSA) is 152 Å². The summed E-state index contributed by atoms with van der Waals surface area (Å²) in [4.78, 5) is 68.4. The van der Waals surface area contributed by atoms with Gasteiger partial charge in [0.2, 0.25) is 17.7 Å². The summed E-state index contributed by atoms with van der Waals surface area (Å²) in [5, 5.41) is 10.8. The first kappa shape index (κ1) is 35.7. The number of anilines is 1. The van der Waals surface area contributed by atoms with E-state index in [0.717, 1.165) is 22.3 Å². The largest absolute Gasteiger partial charge is 0.356 e. The number of Topliss-reactive ketones (excluding diaryl/α,β-unsaturated/α-hetero) is 1. The molecule has 3 amide bonds. The fraction of sp³-hybridized carbons (Fsp3) is 0.459. The van der Waals surface area contributed by atoms with Gasteiger partial charge in [0, 0.05) is 49.3 Å². The number of amides is 3. The third kappa shape index (κ3) is 6.59. The van der Waals surface area contributed by atoms with E-state index in [1.807, 2.05) is 32.0 Å². The van der Waals surface area contributed by atoms with Crippen molar-refractivity contribution >= 4 is 56.2 Å². The first-order valence-corrected chi connectivity index (χ1v) is 18.2. The Labute approximate surface area is 307 Å². The van der Waals surface area contributed by atoms with Crippen molar-refractivity contribution < 1.29 is 28.0 Å². The molecule has 272 valence electrons. The number of likely N-dealkylation sites (tertiary alicyclic amines) is 1. The number of piperidine rings is 1. The van der Waals surface area contributed by atoms with Crippen molar-refractivity contribution in [3.05, 3.63) is 63.9 Å². The van der Waals surface area contributed by atoms with Crippen LogP contribution in [0.25, 0.3) is 22.0 Å². The molecule has 15 heteroatoms. The summed E-state index contributed by atoms with van der Waals surface area (Å²) < 4.78 is 30.6. The van der Waals surface area contributed by atoms with Gasteiger partial charge in [0.25, 0.3) is 5.92 Å². The Bertz CT molecular complexity index is 2120. The molecule has 1 aromatic carbocycles. The molecule has 1 saturated heterocycles. The Balaban J connectivity index is 1.16. The molecule has 7 rings (SSSR count). The maximum Gasteiger partial charge on any atom is 0.259 e. The zero-order chi connectivity index (χ0) is 37.1. The Morgan fingerprint density at radius 1 is 1.00 bits per heavy atom. The number of benzene rings is 1. The smallest absolute Gasteiger partial charge is 0.259 e. The van der Waals surface area contributed by atoms with Gasteiger partial charge in [-0.2, -0.15) is 5.10 Å². The number of carbonyl (C=O) groups is 4. The number of pyridine rings is 1. The van der Waals surface area contributed by atoms with E-state index in [4.69, 9.17) is 0 Å². The van der Waals surface area contributed by atoms with Crippen molar-refractivity contribution in [1.29, 1.82) is 0 Å². The number of rotatable bonds is 10. The van der Waals surface area contributed by atoms with Gasteiger partial charge in [-0.3, -0.25) is 23.9 Å². The zero-order valence-corrected chi connectivity index (χ0v) is 30.9. The van der Waals surface area contributed by atoms with Crippen molar-refractivity contribution in [2.75, 3.05) is 11.9 Å². The fourth-order valence-corrected chi connectivity index (χ4v) is 8.35. The summed E-state index contributed by atoms with van der Waals surface area (Å²) >= 11 is 3.35. The van der Waals surface area contributed by atoms with Crippen molar-refractivity contribution in [3.63, 3.8) is 0 Å². The van der Waals surface area contributed by atoms with Crippen LogP contribution in [0, 0.1) is 32.1 Å². The molecule has 0 spiro atoms. The SMILES string of the molecule is CC(=O)c1nn(CC(=O)N2C3C[C@]3(CCNC(=O)C3CCCC3(F)F)C[C@H]2C(=O)Nc2nc(Br)ccc2C)c2c(C)cc(-c3cnc(C)nc3)cc12. The van der Waals surface area contributed by atoms with Crippen molar-refractivity contribution in [2.45, 2.75) is 90.8 Å². The number of hydrogen-bond donors (Lipinski definition) is 2. The Hall–Kier alpha value is -4.66. The quantitative estimate of drug-likeness (QED) is 0.153. The maximum absolute atomic E-state index is 14.4. The summed E-state index contributed by atoms with van der Waals surface area (Å²) in [5.41, 5.74) is 3.48. The summed E-state index contributed by atoms with van der Waals surface area (Å²) in [6, 6.07) is 6.20. The standard InChI is InChI=1S/C37H39BrF2N8O4/c1-19-7-8-29(38)44-33(19)45-35(52)27-14-36(10-11-41-34(51)26-6-5-9-37(26,39)40)15-28(36)48(27)30(50)18-47-32-20(2)12-23(24-16-42-22(4)43-17-24)13-25(32)31(46-47)21(3)49/h7-8,12-13,16-17,26-28H,5-6,9-11,14-15,18H2,1-4H3,(H,41,51)(H,44,45,52)/t26?,27-,28?,36-/m0/s1. The Morgan fingerprint density at radius 3 is 2.44 bits per heavy atom. The Kier molecular flexibility index (Phi) is 9.20. The molecule has 4 heterocycles. The van der Waals surface area contributed by atoms with E-state index in [0.29, 0.717) is 52.8 Å². The predicted octanol–water partition coefficient (Wildman–Crippen LogP) is 5.72. The predicted molar refractivity (Wildman–Crippen MR) is 192 cm³/mol. The second-order valence-electron chi connectivity index (χ2n) is 14.4. The lowest BCUT2D eigenvalue weighted by atomic mass is 9.95. The third-order valence-corrected chi connectivity index (χ3v) is 11.3. The zero-order valence-electron chi connectivity index (χ0n) is 29.3. The highest BCUT2D eigenvalue weighted by molar-refractivity contribution is 9.10. The summed E-state index contributed by atoms with van der Waals surface area (Å²) in [7, 11) is 0. The molecule has 3 aliphatic rings. The van der Waals surface area contributed by atoms with Gasteiger partial charge in [0.15, 0.2) is 5.78 Å². The molecule has 12 nitrogen and oxygen atoms in total. The fourth-order valence-electron chi connectivity index (χ4n) is 8.04. The first-order chi connectivity index (χ1) is 24.7. The lowest BCUT2D eigenvalue weighted by Gasteiger charge is -2.27. The molecular weight excluding hydrogens is 738 g/mol. The normalized spacial score (nSPS) is 23.1. The molecule has 2 saturated carbocycles. The van der Waals surface area contributed by atoms with E-state index < -0.39 is 35.1 Å². The summed E-state index contributed by atoms with van der Waals surface area (Å²) in [6.07, 6.45) is 4.94. The molecule has 52 heavy (non-hydrogen) atoms. The number of halogens is 3. The van der Waals surface area contributed by atoms with Gasteiger partial charge in [-0.25, -0.2) is 23.7 Å². The highest BCUT2D eigenvalue weighted by atomic mass is 79.9. The molecule has 0 bridgehead atoms. The summed E-state index contributed by atoms with van der Waals surface area (Å²) in [6.45, 7) is 6.85. The number of fused-ring (bicyclic) bond motifs is 2. The number of carbonyl (C=O) groups excluding carboxylic acids is 4. The molecule has 4 atom stereocenters. The van der Waals surface area contributed by atoms with E-state index in [2.05, 4.69) is 46.6 Å². The number of aryl methyl sites for hydroxylation is 3. The molecule has 3 aromatic heterocycles. The third-order valence-electron chi connectivity index (χ3n) is 10.8. The van der Waals surface area contributed by atoms with Gasteiger partial charge in [-0.05, 0) is 109 Å². The van der Waals surface area contributed by atoms with Crippen LogP contribution in [0.4, 0.5) is 14.6 Å². The first-order valence-electron chi connectivity index (χ1n) is 17.4. The lowest BCUT2D eigenvalue weighted by molar-refractivity contribution is -0.138. The number of nitrogens with zero attached hydrogens (tertiary/aromatic N) is 6. The molecule has 2 unspecified atom stereocenters. The highest BCUT2D eigenvalue weighted by Crippen LogP contribution is 2.61. The van der Waals surface area contributed by atoms with Crippen LogP contribution in [0.2, 0.25) is 0 Å². The molecule has 1 aliphatic heterocycles. The summed E-state index contributed by atoms with van der Waals surface area (Å²) in [5.74, 6) is -5.04. The van der Waals surface area contributed by atoms with Crippen LogP contribution in [0.3, 0.4) is 0 Å². The maximum atomic E-state index is 14.4. The van der Waals surface area contributed by atoms with Crippen LogP contribution in [0.5, 0.6) is 0 Å². The minimum absolute atomic E-state index is 0.148. The van der Waals surface area contributed by atoms with Gasteiger partial charge < -0.3 is 15.5 Å². The van der Waals surface area contributed by atoms with Gasteiger partial charge in [-0.15, -0.1) is 0 Å². The number of alkyl halides is 2. The van der Waals surface area contributed by atoms with Crippen LogP contribution in [-0.2, 0) is 20.9 Å². The van der Waals surface area contributed by atoms with Crippen LogP contribution in [0.1, 0.15) is 72.9 Å². The van der Waals surface area contributed by atoms with Crippen LogP contribution >= 0.6 is 15.9 Å². The van der Waals surface area contributed by atoms with Crippen LogP contribution in [0.15, 0.2) is 41.3 Å². The van der Waals surface area contributed by atoms with Gasteiger partial charge in [0.1, 0.15) is 40.4 Å². The van der Waals surface area contributed by atoms with E-state index in [1.54, 1.807) is 30.3 Å². The minimum atomic E-state index is -3.02. The number of ketones is 1. The van der Waals surface area contributed by atoms with Crippen LogP contribution < -0.4 is 10.6 Å². The minimum Gasteiger partial charge on any atom is -0.356 e. The van der Waals surface area contributed by atoms with E-state index in [-0.39, 0.29) is 49.4 Å². The van der Waals surface area contributed by atoms with E-state index >= 15 is 0 Å². The monoisotopic (exact) mass is 776 g/mol. The molecule has 0 radical (unpaired) electrons. The van der Waals surface area contributed by atoms with E-state index in [9.17, 15) is 28.0 Å². The van der Waals surface area contributed by atoms with Crippen molar-refractivity contribution in [2.24, 2.45) is 11.3 Å². The Morgan fingerprint density at radius 2 is 1.75 bits per heavy atom.